The highest BCUT2D eigenvalue weighted by molar-refractivity contribution is 7.99. The molecule has 2 saturated carbocycles. The molecule has 0 amide bonds. The number of nitrogens with zero attached hydrogens (tertiary/aromatic N) is 2. The van der Waals surface area contributed by atoms with Crippen LogP contribution in [0.3, 0.4) is 0 Å². The Bertz CT molecular complexity index is 981. The van der Waals surface area contributed by atoms with Crippen LogP contribution in [-0.2, 0) is 11.8 Å². The maximum atomic E-state index is 14.2. The van der Waals surface area contributed by atoms with E-state index in [1.54, 1.807) is 11.8 Å². The molecule has 0 atom stereocenters. The van der Waals surface area contributed by atoms with Crippen LogP contribution in [0.1, 0.15) is 75.0 Å². The Morgan fingerprint density at radius 2 is 1.90 bits per heavy atom. The summed E-state index contributed by atoms with van der Waals surface area (Å²) in [5.41, 5.74) is 4.78. The molecule has 1 spiro atoms. The van der Waals surface area contributed by atoms with E-state index in [1.165, 1.54) is 43.2 Å². The van der Waals surface area contributed by atoms with Gasteiger partial charge in [-0.1, -0.05) is 74.2 Å². The molecular formula is C25H30N2OS. The lowest BCUT2D eigenvalue weighted by Crippen LogP contribution is -2.43. The van der Waals surface area contributed by atoms with Crippen molar-refractivity contribution in [2.45, 2.75) is 80.8 Å². The van der Waals surface area contributed by atoms with Gasteiger partial charge in [-0.3, -0.25) is 9.36 Å². The van der Waals surface area contributed by atoms with Crippen molar-refractivity contribution >= 4 is 11.8 Å². The normalized spacial score (nSPS) is 20.4. The van der Waals surface area contributed by atoms with Crippen LogP contribution in [0.2, 0.25) is 0 Å². The van der Waals surface area contributed by atoms with E-state index in [9.17, 15) is 4.79 Å². The van der Waals surface area contributed by atoms with Gasteiger partial charge in [0.25, 0.3) is 5.56 Å². The molecule has 1 aromatic heterocycles. The van der Waals surface area contributed by atoms with Crippen molar-refractivity contribution in [2.24, 2.45) is 0 Å². The summed E-state index contributed by atoms with van der Waals surface area (Å²) in [7, 11) is 0. The van der Waals surface area contributed by atoms with E-state index in [4.69, 9.17) is 4.98 Å². The summed E-state index contributed by atoms with van der Waals surface area (Å²) in [6.45, 7) is 3.88. The molecule has 4 heteroatoms. The monoisotopic (exact) mass is 406 g/mol. The van der Waals surface area contributed by atoms with Crippen molar-refractivity contribution in [1.29, 1.82) is 0 Å². The molecule has 0 unspecified atom stereocenters. The van der Waals surface area contributed by atoms with Crippen LogP contribution in [-0.4, -0.2) is 15.3 Å². The molecule has 0 saturated heterocycles. The predicted molar refractivity (Wildman–Crippen MR) is 121 cm³/mol. The number of aromatic nitrogens is 2. The van der Waals surface area contributed by atoms with Gasteiger partial charge >= 0.3 is 0 Å². The number of hydrogen-bond acceptors (Lipinski definition) is 3. The second-order valence-corrected chi connectivity index (χ2v) is 9.99. The average molecular weight is 407 g/mol. The molecule has 5 rings (SSSR count). The lowest BCUT2D eigenvalue weighted by Gasteiger charge is -2.42. The Balaban J connectivity index is 1.77. The van der Waals surface area contributed by atoms with Gasteiger partial charge in [-0.05, 0) is 37.7 Å². The summed E-state index contributed by atoms with van der Waals surface area (Å²) in [4.78, 5) is 19.4. The molecule has 0 aliphatic heterocycles. The highest BCUT2D eigenvalue weighted by Crippen LogP contribution is 2.49. The molecule has 1 heterocycles. The Hall–Kier alpha value is -1.81. The standard InChI is InChI=1S/C25H30N2OS/c1-2-16-29-24-26-22-20-13-7-4-10-18(20)17-25(14-8-3-9-15-25)21(22)23(28)27(24)19-11-5-6-12-19/h2,4,7,10,13,19H,1,3,5-6,8-9,11-12,14-17H2. The minimum Gasteiger partial charge on any atom is -0.284 e. The first-order valence-electron chi connectivity index (χ1n) is 11.2. The number of rotatable bonds is 4. The molecule has 1 aromatic carbocycles. The Morgan fingerprint density at radius 1 is 1.14 bits per heavy atom. The van der Waals surface area contributed by atoms with Crippen molar-refractivity contribution in [3.8, 4) is 11.3 Å². The van der Waals surface area contributed by atoms with E-state index >= 15 is 0 Å². The third kappa shape index (κ3) is 3.20. The molecule has 2 fully saturated rings. The van der Waals surface area contributed by atoms with Crippen molar-refractivity contribution in [3.05, 3.63) is 58.4 Å². The summed E-state index contributed by atoms with van der Waals surface area (Å²) >= 11 is 1.66. The molecule has 0 N–H and O–H groups in total. The number of hydrogen-bond donors (Lipinski definition) is 0. The van der Waals surface area contributed by atoms with Gasteiger partial charge in [0.1, 0.15) is 0 Å². The summed E-state index contributed by atoms with van der Waals surface area (Å²) in [6, 6.07) is 8.94. The lowest BCUT2D eigenvalue weighted by atomic mass is 9.62. The van der Waals surface area contributed by atoms with Gasteiger partial charge in [0, 0.05) is 22.8 Å². The largest absolute Gasteiger partial charge is 0.284 e. The van der Waals surface area contributed by atoms with Crippen molar-refractivity contribution in [1.82, 2.24) is 9.55 Å². The highest BCUT2D eigenvalue weighted by atomic mass is 32.2. The van der Waals surface area contributed by atoms with E-state index < -0.39 is 0 Å². The van der Waals surface area contributed by atoms with Crippen molar-refractivity contribution in [3.63, 3.8) is 0 Å². The molecule has 29 heavy (non-hydrogen) atoms. The van der Waals surface area contributed by atoms with E-state index in [1.807, 2.05) is 6.08 Å². The van der Waals surface area contributed by atoms with Crippen molar-refractivity contribution < 1.29 is 0 Å². The molecule has 152 valence electrons. The van der Waals surface area contributed by atoms with Gasteiger partial charge in [-0.2, -0.15) is 0 Å². The molecule has 2 aromatic rings. The maximum absolute atomic E-state index is 14.2. The molecule has 0 bridgehead atoms. The minimum absolute atomic E-state index is 0.0198. The minimum atomic E-state index is -0.0198. The zero-order valence-electron chi connectivity index (χ0n) is 17.2. The zero-order valence-corrected chi connectivity index (χ0v) is 18.0. The van der Waals surface area contributed by atoms with Gasteiger partial charge in [0.05, 0.1) is 11.3 Å². The van der Waals surface area contributed by atoms with E-state index in [2.05, 4.69) is 35.4 Å². The Labute approximate surface area is 177 Å². The summed E-state index contributed by atoms with van der Waals surface area (Å²) in [5.74, 6) is 0.782. The fourth-order valence-electron chi connectivity index (χ4n) is 5.92. The average Bonchev–Trinajstić information content (AvgIpc) is 3.27. The SMILES string of the molecule is C=CCSc1nc2c(c(=O)n1C1CCCC1)C1(CCCCC1)Cc1ccccc1-2. The summed E-state index contributed by atoms with van der Waals surface area (Å²) < 4.78 is 2.09. The zero-order chi connectivity index (χ0) is 19.8. The van der Waals surface area contributed by atoms with Crippen molar-refractivity contribution in [2.75, 3.05) is 5.75 Å². The van der Waals surface area contributed by atoms with Crippen LogP contribution in [0.15, 0.2) is 46.9 Å². The first-order valence-corrected chi connectivity index (χ1v) is 12.2. The van der Waals surface area contributed by atoms with Gasteiger partial charge < -0.3 is 0 Å². The van der Waals surface area contributed by atoms with Gasteiger partial charge in [0.15, 0.2) is 5.16 Å². The number of benzene rings is 1. The lowest BCUT2D eigenvalue weighted by molar-refractivity contribution is 0.280. The first-order chi connectivity index (χ1) is 14.2. The van der Waals surface area contributed by atoms with E-state index in [0.29, 0.717) is 6.04 Å². The van der Waals surface area contributed by atoms with Crippen LogP contribution in [0, 0.1) is 0 Å². The number of fused-ring (bicyclic) bond motifs is 4. The smallest absolute Gasteiger partial charge is 0.258 e. The highest BCUT2D eigenvalue weighted by Gasteiger charge is 2.44. The van der Waals surface area contributed by atoms with E-state index in [0.717, 1.165) is 54.3 Å². The summed E-state index contributed by atoms with van der Waals surface area (Å²) in [6.07, 6.45) is 13.5. The quantitative estimate of drug-likeness (QED) is 0.351. The predicted octanol–water partition coefficient (Wildman–Crippen LogP) is 6.06. The molecular weight excluding hydrogens is 376 g/mol. The molecule has 3 aliphatic rings. The fraction of sp³-hybridized carbons (Fsp3) is 0.520. The second-order valence-electron chi connectivity index (χ2n) is 9.01. The second kappa shape index (κ2) is 7.79. The summed E-state index contributed by atoms with van der Waals surface area (Å²) in [5, 5.41) is 0.892. The van der Waals surface area contributed by atoms with Crippen LogP contribution in [0.5, 0.6) is 0 Å². The maximum Gasteiger partial charge on any atom is 0.258 e. The van der Waals surface area contributed by atoms with Crippen LogP contribution >= 0.6 is 11.8 Å². The molecule has 3 aliphatic carbocycles. The topological polar surface area (TPSA) is 34.9 Å². The Kier molecular flexibility index (Phi) is 5.15. The Morgan fingerprint density at radius 3 is 2.66 bits per heavy atom. The molecule has 3 nitrogen and oxygen atoms in total. The van der Waals surface area contributed by atoms with Gasteiger partial charge in [-0.25, -0.2) is 4.98 Å². The van der Waals surface area contributed by atoms with Gasteiger partial charge in [0.2, 0.25) is 0 Å². The third-order valence-electron chi connectivity index (χ3n) is 7.25. The first kappa shape index (κ1) is 19.2. The van der Waals surface area contributed by atoms with Crippen LogP contribution < -0.4 is 5.56 Å². The van der Waals surface area contributed by atoms with Crippen LogP contribution in [0.25, 0.3) is 11.3 Å². The third-order valence-corrected chi connectivity index (χ3v) is 8.19. The van der Waals surface area contributed by atoms with E-state index in [-0.39, 0.29) is 11.0 Å². The number of thioether (sulfide) groups is 1. The fourth-order valence-corrected chi connectivity index (χ4v) is 6.71. The molecule has 0 radical (unpaired) electrons. The van der Waals surface area contributed by atoms with Crippen LogP contribution in [0.4, 0.5) is 0 Å². The van der Waals surface area contributed by atoms with Gasteiger partial charge in [-0.15, -0.1) is 6.58 Å².